The fourth-order valence-electron chi connectivity index (χ4n) is 2.30. The molecule has 0 aromatic heterocycles. The molecule has 106 valence electrons. The van der Waals surface area contributed by atoms with E-state index < -0.39 is 26.4 Å². The first-order chi connectivity index (χ1) is 8.71. The summed E-state index contributed by atoms with van der Waals surface area (Å²) in [5.74, 6) is -0.322. The maximum Gasteiger partial charge on any atom is 0.416 e. The van der Waals surface area contributed by atoms with Crippen molar-refractivity contribution in [3.63, 3.8) is 0 Å². The number of rotatable bonds is 2. The zero-order chi connectivity index (χ0) is 14.3. The summed E-state index contributed by atoms with van der Waals surface area (Å²) in [6.07, 6.45) is -4.04. The summed E-state index contributed by atoms with van der Waals surface area (Å²) in [7, 11) is -3.11. The molecule has 0 bridgehead atoms. The highest BCUT2D eigenvalue weighted by Gasteiger charge is 2.39. The zero-order valence-corrected chi connectivity index (χ0v) is 12.2. The third-order valence-electron chi connectivity index (χ3n) is 3.24. The SMILES string of the molecule is O=S1(=O)CCC(C(Br)c2ccccc2C(F)(F)F)C1. The third kappa shape index (κ3) is 3.31. The molecule has 1 aromatic carbocycles. The number of benzene rings is 1. The standard InChI is InChI=1S/C12H12BrF3O2S/c13-11(8-5-6-19(17,18)7-8)9-3-1-2-4-10(9)12(14,15)16/h1-4,8,11H,5-7H2. The number of hydrogen-bond acceptors (Lipinski definition) is 2. The van der Waals surface area contributed by atoms with Crippen LogP contribution in [0.3, 0.4) is 0 Å². The fraction of sp³-hybridized carbons (Fsp3) is 0.500. The maximum absolute atomic E-state index is 12.9. The molecule has 2 unspecified atom stereocenters. The summed E-state index contributed by atoms with van der Waals surface area (Å²) in [5, 5.41) is 0. The predicted octanol–water partition coefficient (Wildman–Crippen LogP) is 3.58. The van der Waals surface area contributed by atoms with E-state index in [2.05, 4.69) is 15.9 Å². The van der Waals surface area contributed by atoms with E-state index in [1.54, 1.807) is 0 Å². The molecule has 1 saturated heterocycles. The number of alkyl halides is 4. The normalized spacial score (nSPS) is 24.3. The van der Waals surface area contributed by atoms with Crippen LogP contribution in [0.4, 0.5) is 13.2 Å². The van der Waals surface area contributed by atoms with Crippen molar-refractivity contribution >= 4 is 25.8 Å². The van der Waals surface area contributed by atoms with Gasteiger partial charge in [-0.3, -0.25) is 0 Å². The average molecular weight is 357 g/mol. The van der Waals surface area contributed by atoms with Crippen LogP contribution < -0.4 is 0 Å². The number of halogens is 4. The highest BCUT2D eigenvalue weighted by Crippen LogP contribution is 2.43. The summed E-state index contributed by atoms with van der Waals surface area (Å²) in [5.41, 5.74) is -0.599. The molecule has 1 heterocycles. The lowest BCUT2D eigenvalue weighted by Crippen LogP contribution is -2.15. The molecule has 1 fully saturated rings. The minimum absolute atomic E-state index is 0.0496. The largest absolute Gasteiger partial charge is 0.416 e. The Morgan fingerprint density at radius 1 is 1.26 bits per heavy atom. The molecule has 0 N–H and O–H groups in total. The third-order valence-corrected chi connectivity index (χ3v) is 6.28. The Bertz CT molecular complexity index is 569. The quantitative estimate of drug-likeness (QED) is 0.759. The molecule has 19 heavy (non-hydrogen) atoms. The molecule has 1 aliphatic rings. The van der Waals surface area contributed by atoms with E-state index in [1.807, 2.05) is 0 Å². The smallest absolute Gasteiger partial charge is 0.229 e. The van der Waals surface area contributed by atoms with Crippen molar-refractivity contribution in [2.24, 2.45) is 5.92 Å². The molecule has 0 aliphatic carbocycles. The lowest BCUT2D eigenvalue weighted by molar-refractivity contribution is -0.138. The second-order valence-electron chi connectivity index (χ2n) is 4.65. The molecule has 2 rings (SSSR count). The van der Waals surface area contributed by atoms with Crippen LogP contribution in [0.25, 0.3) is 0 Å². The Labute approximate surface area is 118 Å². The molecule has 0 spiro atoms. The first-order valence-corrected chi connectivity index (χ1v) is 8.45. The van der Waals surface area contributed by atoms with E-state index in [1.165, 1.54) is 18.2 Å². The van der Waals surface area contributed by atoms with Crippen molar-refractivity contribution in [2.45, 2.75) is 17.4 Å². The molecule has 2 nitrogen and oxygen atoms in total. The van der Waals surface area contributed by atoms with Crippen LogP contribution in [0.1, 0.15) is 22.4 Å². The van der Waals surface area contributed by atoms with E-state index in [9.17, 15) is 21.6 Å². The number of sulfone groups is 1. The molecule has 1 aliphatic heterocycles. The van der Waals surface area contributed by atoms with Gasteiger partial charge in [0, 0.05) is 4.83 Å². The maximum atomic E-state index is 12.9. The second-order valence-corrected chi connectivity index (χ2v) is 7.87. The summed E-state index contributed by atoms with van der Waals surface area (Å²) >= 11 is 3.24. The second kappa shape index (κ2) is 5.09. The van der Waals surface area contributed by atoms with Crippen LogP contribution in [-0.4, -0.2) is 19.9 Å². The first-order valence-electron chi connectivity index (χ1n) is 5.71. The van der Waals surface area contributed by atoms with Crippen LogP contribution in [0.15, 0.2) is 24.3 Å². The monoisotopic (exact) mass is 356 g/mol. The van der Waals surface area contributed by atoms with Gasteiger partial charge in [0.2, 0.25) is 0 Å². The van der Waals surface area contributed by atoms with Gasteiger partial charge in [-0.15, -0.1) is 0 Å². The lowest BCUT2D eigenvalue weighted by atomic mass is 9.95. The molecular formula is C12H12BrF3O2S. The van der Waals surface area contributed by atoms with Crippen LogP contribution in [0.2, 0.25) is 0 Å². The molecule has 7 heteroatoms. The van der Waals surface area contributed by atoms with Gasteiger partial charge in [0.15, 0.2) is 9.84 Å². The van der Waals surface area contributed by atoms with Crippen molar-refractivity contribution in [1.29, 1.82) is 0 Å². The Kier molecular flexibility index (Phi) is 3.97. The Hall–Kier alpha value is -0.560. The van der Waals surface area contributed by atoms with Crippen molar-refractivity contribution in [1.82, 2.24) is 0 Å². The van der Waals surface area contributed by atoms with E-state index in [0.717, 1.165) is 6.07 Å². The van der Waals surface area contributed by atoms with E-state index >= 15 is 0 Å². The molecule has 2 atom stereocenters. The van der Waals surface area contributed by atoms with Crippen LogP contribution in [0, 0.1) is 5.92 Å². The Morgan fingerprint density at radius 3 is 2.42 bits per heavy atom. The van der Waals surface area contributed by atoms with Crippen LogP contribution in [0.5, 0.6) is 0 Å². The summed E-state index contributed by atoms with van der Waals surface area (Å²) in [6.45, 7) is 0. The predicted molar refractivity (Wildman–Crippen MR) is 69.9 cm³/mol. The van der Waals surface area contributed by atoms with Gasteiger partial charge in [0.05, 0.1) is 17.1 Å². The zero-order valence-electron chi connectivity index (χ0n) is 9.82. The Morgan fingerprint density at radius 2 is 1.89 bits per heavy atom. The minimum Gasteiger partial charge on any atom is -0.229 e. The van der Waals surface area contributed by atoms with Gasteiger partial charge in [-0.25, -0.2) is 8.42 Å². The van der Waals surface area contributed by atoms with E-state index in [-0.39, 0.29) is 23.0 Å². The average Bonchev–Trinajstić information content (AvgIpc) is 2.68. The van der Waals surface area contributed by atoms with Gasteiger partial charge < -0.3 is 0 Å². The molecule has 0 amide bonds. The van der Waals surface area contributed by atoms with Crippen molar-refractivity contribution in [3.8, 4) is 0 Å². The van der Waals surface area contributed by atoms with Crippen LogP contribution in [-0.2, 0) is 16.0 Å². The van der Waals surface area contributed by atoms with Gasteiger partial charge in [0.1, 0.15) is 0 Å². The Balaban J connectivity index is 2.32. The fourth-order valence-corrected chi connectivity index (χ4v) is 5.24. The van der Waals surface area contributed by atoms with Crippen molar-refractivity contribution in [2.75, 3.05) is 11.5 Å². The molecular weight excluding hydrogens is 345 g/mol. The molecule has 0 radical (unpaired) electrons. The first kappa shape index (κ1) is 14.8. The minimum atomic E-state index is -4.43. The van der Waals surface area contributed by atoms with Gasteiger partial charge in [-0.2, -0.15) is 13.2 Å². The van der Waals surface area contributed by atoms with Gasteiger partial charge in [-0.05, 0) is 24.0 Å². The topological polar surface area (TPSA) is 34.1 Å². The van der Waals surface area contributed by atoms with Crippen LogP contribution >= 0.6 is 15.9 Å². The highest BCUT2D eigenvalue weighted by atomic mass is 79.9. The summed E-state index contributed by atoms with van der Waals surface area (Å²) in [6, 6.07) is 5.28. The van der Waals surface area contributed by atoms with Gasteiger partial charge in [0.25, 0.3) is 0 Å². The summed E-state index contributed by atoms with van der Waals surface area (Å²) in [4.78, 5) is -0.595. The summed E-state index contributed by atoms with van der Waals surface area (Å²) < 4.78 is 61.6. The number of hydrogen-bond donors (Lipinski definition) is 0. The highest BCUT2D eigenvalue weighted by molar-refractivity contribution is 9.09. The van der Waals surface area contributed by atoms with Gasteiger partial charge in [-0.1, -0.05) is 34.1 Å². The van der Waals surface area contributed by atoms with E-state index in [0.29, 0.717) is 6.42 Å². The van der Waals surface area contributed by atoms with Gasteiger partial charge >= 0.3 is 6.18 Å². The molecule has 1 aromatic rings. The molecule has 0 saturated carbocycles. The van der Waals surface area contributed by atoms with E-state index in [4.69, 9.17) is 0 Å². The lowest BCUT2D eigenvalue weighted by Gasteiger charge is -2.21. The van der Waals surface area contributed by atoms with Crippen molar-refractivity contribution in [3.05, 3.63) is 35.4 Å². The van der Waals surface area contributed by atoms with Crippen molar-refractivity contribution < 1.29 is 21.6 Å².